The summed E-state index contributed by atoms with van der Waals surface area (Å²) in [6, 6.07) is 18.4. The Labute approximate surface area is 112 Å². The van der Waals surface area contributed by atoms with E-state index in [1.165, 1.54) is 0 Å². The fraction of sp³-hybridized carbons (Fsp3) is 0.143. The van der Waals surface area contributed by atoms with Crippen molar-refractivity contribution in [1.82, 2.24) is 0 Å². The van der Waals surface area contributed by atoms with Gasteiger partial charge in [-0.05, 0) is 24.3 Å². The number of para-hydroxylation sites is 1. The van der Waals surface area contributed by atoms with Gasteiger partial charge in [-0.2, -0.15) is 0 Å². The van der Waals surface area contributed by atoms with Crippen LogP contribution in [0.2, 0.25) is 0 Å². The van der Waals surface area contributed by atoms with Crippen LogP contribution in [0.5, 0.6) is 5.75 Å². The van der Waals surface area contributed by atoms with Crippen molar-refractivity contribution in [3.63, 3.8) is 0 Å². The van der Waals surface area contributed by atoms with Gasteiger partial charge in [0, 0.05) is 11.2 Å². The van der Waals surface area contributed by atoms with Crippen LogP contribution in [0, 0.1) is 0 Å². The summed E-state index contributed by atoms with van der Waals surface area (Å²) in [6.07, 6.45) is 0.327. The first-order valence-electron chi connectivity index (χ1n) is 5.70. The zero-order chi connectivity index (χ0) is 12.8. The van der Waals surface area contributed by atoms with E-state index in [1.54, 1.807) is 12.1 Å². The minimum absolute atomic E-state index is 0.305. The van der Waals surface area contributed by atoms with Crippen molar-refractivity contribution in [2.75, 3.05) is 12.0 Å². The summed E-state index contributed by atoms with van der Waals surface area (Å²) < 4.78 is 18.6. The van der Waals surface area contributed by atoms with Crippen molar-refractivity contribution in [2.24, 2.45) is 0 Å². The highest BCUT2D eigenvalue weighted by Gasteiger charge is 2.26. The summed E-state index contributed by atoms with van der Waals surface area (Å²) in [7, 11) is -2.93. The molecule has 0 aliphatic carbocycles. The summed E-state index contributed by atoms with van der Waals surface area (Å²) in [4.78, 5) is 0. The third-order valence-electron chi connectivity index (χ3n) is 2.52. The quantitative estimate of drug-likeness (QED) is 0.613. The van der Waals surface area contributed by atoms with E-state index in [2.05, 4.69) is 0 Å². The smallest absolute Gasteiger partial charge is 0.278 e. The SMILES string of the molecule is O=P(CCCl)(Oc1ccccc1)c1ccccc1. The highest BCUT2D eigenvalue weighted by Crippen LogP contribution is 2.45. The number of benzene rings is 2. The van der Waals surface area contributed by atoms with Crippen molar-refractivity contribution < 1.29 is 9.09 Å². The molecule has 0 bridgehead atoms. The molecule has 0 spiro atoms. The molecule has 0 N–H and O–H groups in total. The highest BCUT2D eigenvalue weighted by molar-refractivity contribution is 7.67. The molecule has 0 aliphatic rings. The topological polar surface area (TPSA) is 26.3 Å². The number of hydrogen-bond donors (Lipinski definition) is 0. The lowest BCUT2D eigenvalue weighted by Gasteiger charge is -2.19. The van der Waals surface area contributed by atoms with Crippen LogP contribution in [0.15, 0.2) is 60.7 Å². The molecular formula is C14H14ClO2P. The molecule has 0 amide bonds. The van der Waals surface area contributed by atoms with E-state index < -0.39 is 7.37 Å². The van der Waals surface area contributed by atoms with Gasteiger partial charge < -0.3 is 4.52 Å². The van der Waals surface area contributed by atoms with E-state index in [9.17, 15) is 4.57 Å². The van der Waals surface area contributed by atoms with E-state index in [0.29, 0.717) is 23.1 Å². The zero-order valence-corrected chi connectivity index (χ0v) is 11.5. The Hall–Kier alpha value is -1.24. The summed E-state index contributed by atoms with van der Waals surface area (Å²) in [5, 5.41) is 0.703. The molecular weight excluding hydrogens is 267 g/mol. The zero-order valence-electron chi connectivity index (χ0n) is 9.83. The average molecular weight is 281 g/mol. The van der Waals surface area contributed by atoms with E-state index in [1.807, 2.05) is 48.5 Å². The fourth-order valence-corrected chi connectivity index (χ4v) is 4.08. The first-order chi connectivity index (χ1) is 8.74. The molecule has 2 nitrogen and oxygen atoms in total. The maximum atomic E-state index is 12.9. The Balaban J connectivity index is 2.31. The monoisotopic (exact) mass is 280 g/mol. The maximum Gasteiger partial charge on any atom is 0.278 e. The third kappa shape index (κ3) is 3.16. The standard InChI is InChI=1S/C14H14ClO2P/c15-11-12-18(16,14-9-5-2-6-10-14)17-13-7-3-1-4-8-13/h1-10H,11-12H2. The van der Waals surface area contributed by atoms with Crippen LogP contribution >= 0.6 is 19.0 Å². The second kappa shape index (κ2) is 6.08. The fourth-order valence-electron chi connectivity index (χ4n) is 1.65. The lowest BCUT2D eigenvalue weighted by molar-refractivity contribution is 0.494. The Morgan fingerprint density at radius 2 is 1.50 bits per heavy atom. The molecule has 0 saturated heterocycles. The van der Waals surface area contributed by atoms with Crippen LogP contribution in [-0.4, -0.2) is 12.0 Å². The van der Waals surface area contributed by atoms with Crippen LogP contribution in [0.25, 0.3) is 0 Å². The van der Waals surface area contributed by atoms with Crippen molar-refractivity contribution in [1.29, 1.82) is 0 Å². The van der Waals surface area contributed by atoms with Crippen LogP contribution in [-0.2, 0) is 4.57 Å². The lowest BCUT2D eigenvalue weighted by atomic mass is 10.3. The van der Waals surface area contributed by atoms with E-state index in [4.69, 9.17) is 16.1 Å². The normalized spacial score (nSPS) is 13.8. The van der Waals surface area contributed by atoms with Crippen LogP contribution in [0.3, 0.4) is 0 Å². The molecule has 18 heavy (non-hydrogen) atoms. The minimum atomic E-state index is -2.93. The highest BCUT2D eigenvalue weighted by atomic mass is 35.5. The molecule has 4 heteroatoms. The first-order valence-corrected chi connectivity index (χ1v) is 8.04. The number of halogens is 1. The van der Waals surface area contributed by atoms with Gasteiger partial charge in [-0.1, -0.05) is 36.4 Å². The third-order valence-corrected chi connectivity index (χ3v) is 5.38. The maximum absolute atomic E-state index is 12.9. The van der Waals surface area contributed by atoms with Gasteiger partial charge in [-0.3, -0.25) is 4.57 Å². The van der Waals surface area contributed by atoms with Gasteiger partial charge in [0.1, 0.15) is 5.75 Å². The summed E-state index contributed by atoms with van der Waals surface area (Å²) in [5.41, 5.74) is 0. The Morgan fingerprint density at radius 3 is 2.06 bits per heavy atom. The van der Waals surface area contributed by atoms with Crippen LogP contribution in [0.1, 0.15) is 0 Å². The molecule has 94 valence electrons. The van der Waals surface area contributed by atoms with Crippen LogP contribution < -0.4 is 9.83 Å². The molecule has 2 rings (SSSR count). The molecule has 2 aromatic rings. The van der Waals surface area contributed by atoms with Crippen molar-refractivity contribution >= 4 is 24.3 Å². The summed E-state index contributed by atoms with van der Waals surface area (Å²) in [5.74, 6) is 0.911. The predicted molar refractivity (Wildman–Crippen MR) is 76.3 cm³/mol. The Kier molecular flexibility index (Phi) is 4.46. The van der Waals surface area contributed by atoms with Crippen molar-refractivity contribution in [3.05, 3.63) is 60.7 Å². The molecule has 0 aromatic heterocycles. The van der Waals surface area contributed by atoms with Gasteiger partial charge in [0.15, 0.2) is 0 Å². The number of rotatable bonds is 5. The summed E-state index contributed by atoms with van der Waals surface area (Å²) >= 11 is 5.75. The van der Waals surface area contributed by atoms with Crippen LogP contribution in [0.4, 0.5) is 0 Å². The van der Waals surface area contributed by atoms with Crippen molar-refractivity contribution in [2.45, 2.75) is 0 Å². The summed E-state index contributed by atoms with van der Waals surface area (Å²) in [6.45, 7) is 0. The Morgan fingerprint density at radius 1 is 0.944 bits per heavy atom. The number of hydrogen-bond acceptors (Lipinski definition) is 2. The van der Waals surface area contributed by atoms with Gasteiger partial charge in [-0.25, -0.2) is 0 Å². The first kappa shape index (κ1) is 13.2. The molecule has 0 heterocycles. The lowest BCUT2D eigenvalue weighted by Crippen LogP contribution is -2.13. The molecule has 1 atom stereocenters. The van der Waals surface area contributed by atoms with Gasteiger partial charge in [0.2, 0.25) is 0 Å². The van der Waals surface area contributed by atoms with E-state index in [-0.39, 0.29) is 0 Å². The van der Waals surface area contributed by atoms with Gasteiger partial charge in [0.05, 0.1) is 6.16 Å². The minimum Gasteiger partial charge on any atom is -0.440 e. The van der Waals surface area contributed by atoms with E-state index in [0.717, 1.165) is 0 Å². The van der Waals surface area contributed by atoms with Crippen molar-refractivity contribution in [3.8, 4) is 5.75 Å². The molecule has 0 aliphatic heterocycles. The molecule has 0 saturated carbocycles. The number of alkyl halides is 1. The van der Waals surface area contributed by atoms with Gasteiger partial charge in [-0.15, -0.1) is 11.6 Å². The van der Waals surface area contributed by atoms with E-state index >= 15 is 0 Å². The second-order valence-corrected chi connectivity index (χ2v) is 6.70. The average Bonchev–Trinajstić information content (AvgIpc) is 2.41. The Bertz CT molecular complexity index is 528. The second-order valence-electron chi connectivity index (χ2n) is 3.83. The molecule has 0 radical (unpaired) electrons. The largest absolute Gasteiger partial charge is 0.440 e. The molecule has 1 unspecified atom stereocenters. The predicted octanol–water partition coefficient (Wildman–Crippen LogP) is 3.91. The molecule has 2 aromatic carbocycles. The molecule has 0 fully saturated rings. The van der Waals surface area contributed by atoms with Gasteiger partial charge in [0.25, 0.3) is 7.37 Å². The van der Waals surface area contributed by atoms with Gasteiger partial charge >= 0.3 is 0 Å².